The van der Waals surface area contributed by atoms with Crippen molar-refractivity contribution in [2.45, 2.75) is 0 Å². The van der Waals surface area contributed by atoms with E-state index in [2.05, 4.69) is 4.74 Å². The Labute approximate surface area is 73.3 Å². The van der Waals surface area contributed by atoms with E-state index < -0.39 is 17.7 Å². The molecule has 13 heavy (non-hydrogen) atoms. The van der Waals surface area contributed by atoms with Gasteiger partial charge in [0, 0.05) is 0 Å². The molecule has 0 saturated heterocycles. The lowest BCUT2D eigenvalue weighted by Gasteiger charge is -2.04. The van der Waals surface area contributed by atoms with Gasteiger partial charge < -0.3 is 4.74 Å². The molecule has 0 unspecified atom stereocenters. The molecule has 0 aromatic heterocycles. The van der Waals surface area contributed by atoms with Crippen LogP contribution in [0.2, 0.25) is 0 Å². The molecule has 0 radical (unpaired) electrons. The molecule has 0 fully saturated rings. The Morgan fingerprint density at radius 2 is 2.15 bits per heavy atom. The largest absolute Gasteiger partial charge is 0.453 e. The molecule has 0 aliphatic carbocycles. The van der Waals surface area contributed by atoms with Gasteiger partial charge in [0.25, 0.3) is 0 Å². The second kappa shape index (κ2) is 3.84. The molecular formula is C8H7F2NO2. The van der Waals surface area contributed by atoms with Crippen LogP contribution in [0, 0.1) is 11.6 Å². The molecule has 70 valence electrons. The number of halogens is 2. The highest BCUT2D eigenvalue weighted by Gasteiger charge is 2.09. The lowest BCUT2D eigenvalue weighted by molar-refractivity contribution is 0.186. The zero-order chi connectivity index (χ0) is 9.84. The van der Waals surface area contributed by atoms with E-state index in [1.54, 1.807) is 0 Å². The molecule has 0 aliphatic rings. The van der Waals surface area contributed by atoms with E-state index in [1.165, 1.54) is 12.1 Å². The van der Waals surface area contributed by atoms with E-state index in [1.807, 2.05) is 5.32 Å². The summed E-state index contributed by atoms with van der Waals surface area (Å²) in [6.07, 6.45) is -0.843. The SMILES string of the molecule is COC(=O)Nc1cccc(F)c1F. The quantitative estimate of drug-likeness (QED) is 0.731. The highest BCUT2D eigenvalue weighted by atomic mass is 19.2. The van der Waals surface area contributed by atoms with Crippen molar-refractivity contribution in [3.05, 3.63) is 29.8 Å². The van der Waals surface area contributed by atoms with Crippen molar-refractivity contribution in [3.63, 3.8) is 0 Å². The second-order valence-electron chi connectivity index (χ2n) is 2.22. The Bertz CT molecular complexity index is 328. The molecular weight excluding hydrogens is 180 g/mol. The number of carbonyl (C=O) groups excluding carboxylic acids is 1. The van der Waals surface area contributed by atoms with E-state index in [4.69, 9.17) is 0 Å². The summed E-state index contributed by atoms with van der Waals surface area (Å²) in [5.74, 6) is -2.12. The minimum Gasteiger partial charge on any atom is -0.453 e. The maximum atomic E-state index is 12.9. The van der Waals surface area contributed by atoms with E-state index >= 15 is 0 Å². The molecule has 0 atom stereocenters. The van der Waals surface area contributed by atoms with Crippen LogP contribution < -0.4 is 5.32 Å². The normalized spacial score (nSPS) is 9.46. The summed E-state index contributed by atoms with van der Waals surface area (Å²) in [6, 6.07) is 3.47. The number of carbonyl (C=O) groups is 1. The van der Waals surface area contributed by atoms with Crippen molar-refractivity contribution in [3.8, 4) is 0 Å². The third-order valence-corrected chi connectivity index (χ3v) is 1.37. The number of rotatable bonds is 1. The van der Waals surface area contributed by atoms with Crippen molar-refractivity contribution in [1.29, 1.82) is 0 Å². The van der Waals surface area contributed by atoms with Gasteiger partial charge in [-0.15, -0.1) is 0 Å². The smallest absolute Gasteiger partial charge is 0.411 e. The van der Waals surface area contributed by atoms with Gasteiger partial charge in [0.15, 0.2) is 11.6 Å². The van der Waals surface area contributed by atoms with Crippen LogP contribution in [0.5, 0.6) is 0 Å². The first kappa shape index (κ1) is 9.44. The summed E-state index contributed by atoms with van der Waals surface area (Å²) in [4.78, 5) is 10.6. The summed E-state index contributed by atoms with van der Waals surface area (Å²) in [6.45, 7) is 0. The van der Waals surface area contributed by atoms with Gasteiger partial charge in [0.1, 0.15) is 0 Å². The van der Waals surface area contributed by atoms with Gasteiger partial charge in [-0.2, -0.15) is 0 Å². The van der Waals surface area contributed by atoms with E-state index in [0.29, 0.717) is 0 Å². The van der Waals surface area contributed by atoms with Crippen molar-refractivity contribution < 1.29 is 18.3 Å². The van der Waals surface area contributed by atoms with Crippen LogP contribution >= 0.6 is 0 Å². The number of nitrogens with one attached hydrogen (secondary N) is 1. The highest BCUT2D eigenvalue weighted by Crippen LogP contribution is 2.16. The average molecular weight is 187 g/mol. The van der Waals surface area contributed by atoms with Gasteiger partial charge in [-0.3, -0.25) is 5.32 Å². The number of hydrogen-bond acceptors (Lipinski definition) is 2. The first-order valence-corrected chi connectivity index (χ1v) is 3.44. The van der Waals surface area contributed by atoms with Crippen LogP contribution in [0.3, 0.4) is 0 Å². The first-order chi connectivity index (χ1) is 6.15. The monoisotopic (exact) mass is 187 g/mol. The molecule has 0 heterocycles. The van der Waals surface area contributed by atoms with Gasteiger partial charge in [-0.1, -0.05) is 6.07 Å². The van der Waals surface area contributed by atoms with E-state index in [9.17, 15) is 13.6 Å². The first-order valence-electron chi connectivity index (χ1n) is 3.44. The molecule has 0 saturated carbocycles. The molecule has 3 nitrogen and oxygen atoms in total. The van der Waals surface area contributed by atoms with Crippen LogP contribution in [0.25, 0.3) is 0 Å². The fourth-order valence-electron chi connectivity index (χ4n) is 0.761. The minimum absolute atomic E-state index is 0.244. The van der Waals surface area contributed by atoms with Crippen LogP contribution in [-0.2, 0) is 4.74 Å². The topological polar surface area (TPSA) is 38.3 Å². The fourth-order valence-corrected chi connectivity index (χ4v) is 0.761. The summed E-state index contributed by atoms with van der Waals surface area (Å²) in [7, 11) is 1.13. The Kier molecular flexibility index (Phi) is 2.79. The Morgan fingerprint density at radius 1 is 1.46 bits per heavy atom. The number of methoxy groups -OCH3 is 1. The number of amides is 1. The van der Waals surface area contributed by atoms with Gasteiger partial charge in [-0.25, -0.2) is 13.6 Å². The standard InChI is InChI=1S/C8H7F2NO2/c1-13-8(12)11-6-4-2-3-5(9)7(6)10/h2-4H,1H3,(H,11,12). The van der Waals surface area contributed by atoms with E-state index in [0.717, 1.165) is 13.2 Å². The number of hydrogen-bond donors (Lipinski definition) is 1. The van der Waals surface area contributed by atoms with Crippen molar-refractivity contribution >= 4 is 11.8 Å². The Hall–Kier alpha value is -1.65. The van der Waals surface area contributed by atoms with Gasteiger partial charge in [-0.05, 0) is 12.1 Å². The van der Waals surface area contributed by atoms with Crippen LogP contribution in [-0.4, -0.2) is 13.2 Å². The molecule has 0 aliphatic heterocycles. The summed E-state index contributed by atoms with van der Waals surface area (Å²) in [5, 5.41) is 2.02. The summed E-state index contributed by atoms with van der Waals surface area (Å²) >= 11 is 0. The number of benzene rings is 1. The van der Waals surface area contributed by atoms with Crippen molar-refractivity contribution in [1.82, 2.24) is 0 Å². The summed E-state index contributed by atoms with van der Waals surface area (Å²) < 4.78 is 29.6. The number of ether oxygens (including phenoxy) is 1. The minimum atomic E-state index is -1.10. The molecule has 1 N–H and O–H groups in total. The predicted molar refractivity (Wildman–Crippen MR) is 42.4 cm³/mol. The maximum Gasteiger partial charge on any atom is 0.411 e. The predicted octanol–water partition coefficient (Wildman–Crippen LogP) is 2.14. The zero-order valence-corrected chi connectivity index (χ0v) is 6.80. The fraction of sp³-hybridized carbons (Fsp3) is 0.125. The zero-order valence-electron chi connectivity index (χ0n) is 6.80. The van der Waals surface area contributed by atoms with Gasteiger partial charge >= 0.3 is 6.09 Å². The average Bonchev–Trinajstić information content (AvgIpc) is 2.13. The second-order valence-corrected chi connectivity index (χ2v) is 2.22. The molecule has 5 heteroatoms. The van der Waals surface area contributed by atoms with Gasteiger partial charge in [0.2, 0.25) is 0 Å². The van der Waals surface area contributed by atoms with E-state index in [-0.39, 0.29) is 5.69 Å². The molecule has 0 spiro atoms. The summed E-state index contributed by atoms with van der Waals surface area (Å²) in [5.41, 5.74) is -0.244. The molecule has 1 rings (SSSR count). The van der Waals surface area contributed by atoms with Gasteiger partial charge in [0.05, 0.1) is 12.8 Å². The Morgan fingerprint density at radius 3 is 2.77 bits per heavy atom. The maximum absolute atomic E-state index is 12.9. The third kappa shape index (κ3) is 2.14. The lowest BCUT2D eigenvalue weighted by atomic mass is 10.3. The van der Waals surface area contributed by atoms with Crippen LogP contribution in [0.1, 0.15) is 0 Å². The van der Waals surface area contributed by atoms with Crippen molar-refractivity contribution in [2.75, 3.05) is 12.4 Å². The molecule has 0 bridgehead atoms. The molecule has 1 amide bonds. The highest BCUT2D eigenvalue weighted by molar-refractivity contribution is 5.84. The molecule has 1 aromatic rings. The Balaban J connectivity index is 2.89. The molecule has 1 aromatic carbocycles. The lowest BCUT2D eigenvalue weighted by Crippen LogP contribution is -2.12. The number of anilines is 1. The van der Waals surface area contributed by atoms with Crippen LogP contribution in [0.4, 0.5) is 19.3 Å². The third-order valence-electron chi connectivity index (χ3n) is 1.37. The van der Waals surface area contributed by atoms with Crippen LogP contribution in [0.15, 0.2) is 18.2 Å². The van der Waals surface area contributed by atoms with Crippen molar-refractivity contribution in [2.24, 2.45) is 0 Å².